The standard InChI is InChI=1S/C13H14N2O3/c1-2-7-18-10-5-3-9(4-6-10)12-14-8-11(15-12)13(16)17/h3-6,8H,2,7H2,1H3,(H,14,15)(H,16,17). The molecule has 5 nitrogen and oxygen atoms in total. The number of hydrogen-bond acceptors (Lipinski definition) is 3. The van der Waals surface area contributed by atoms with Crippen molar-refractivity contribution in [3.05, 3.63) is 36.2 Å². The van der Waals surface area contributed by atoms with E-state index < -0.39 is 5.97 Å². The Labute approximate surface area is 104 Å². The topological polar surface area (TPSA) is 75.2 Å². The minimum Gasteiger partial charge on any atom is -0.494 e. The van der Waals surface area contributed by atoms with Crippen molar-refractivity contribution in [1.82, 2.24) is 9.97 Å². The molecular weight excluding hydrogens is 232 g/mol. The monoisotopic (exact) mass is 246 g/mol. The fourth-order valence-electron chi connectivity index (χ4n) is 1.51. The van der Waals surface area contributed by atoms with Crippen molar-refractivity contribution >= 4 is 5.97 Å². The summed E-state index contributed by atoms with van der Waals surface area (Å²) in [7, 11) is 0. The van der Waals surface area contributed by atoms with Crippen LogP contribution >= 0.6 is 0 Å². The summed E-state index contributed by atoms with van der Waals surface area (Å²) in [5.41, 5.74) is 0.905. The lowest BCUT2D eigenvalue weighted by Gasteiger charge is -2.04. The van der Waals surface area contributed by atoms with Crippen molar-refractivity contribution in [1.29, 1.82) is 0 Å². The van der Waals surface area contributed by atoms with Gasteiger partial charge in [0.15, 0.2) is 0 Å². The average Bonchev–Trinajstić information content (AvgIpc) is 2.87. The minimum absolute atomic E-state index is 0.0799. The lowest BCUT2D eigenvalue weighted by molar-refractivity contribution is 0.0691. The van der Waals surface area contributed by atoms with Crippen molar-refractivity contribution in [2.45, 2.75) is 13.3 Å². The Kier molecular flexibility index (Phi) is 3.62. The molecule has 1 aromatic carbocycles. The maximum atomic E-state index is 10.7. The van der Waals surface area contributed by atoms with Gasteiger partial charge in [0.25, 0.3) is 0 Å². The lowest BCUT2D eigenvalue weighted by atomic mass is 10.2. The number of aromatic carboxylic acids is 1. The third-order valence-electron chi connectivity index (χ3n) is 2.41. The number of ether oxygens (including phenoxy) is 1. The van der Waals surface area contributed by atoms with Crippen molar-refractivity contribution in [2.75, 3.05) is 6.61 Å². The van der Waals surface area contributed by atoms with Gasteiger partial charge in [-0.15, -0.1) is 0 Å². The molecule has 0 aliphatic rings. The minimum atomic E-state index is -1.02. The number of hydrogen-bond donors (Lipinski definition) is 2. The van der Waals surface area contributed by atoms with Gasteiger partial charge in [-0.05, 0) is 30.7 Å². The van der Waals surface area contributed by atoms with E-state index in [-0.39, 0.29) is 5.69 Å². The molecule has 0 atom stereocenters. The number of carboxylic acid groups (broad SMARTS) is 1. The second-order valence-corrected chi connectivity index (χ2v) is 3.82. The maximum Gasteiger partial charge on any atom is 0.353 e. The molecule has 0 saturated heterocycles. The van der Waals surface area contributed by atoms with Gasteiger partial charge in [-0.1, -0.05) is 6.92 Å². The Morgan fingerprint density at radius 1 is 1.39 bits per heavy atom. The molecule has 2 rings (SSSR count). The van der Waals surface area contributed by atoms with Crippen LogP contribution in [0.25, 0.3) is 11.4 Å². The van der Waals surface area contributed by atoms with Gasteiger partial charge < -0.3 is 14.8 Å². The van der Waals surface area contributed by atoms with Gasteiger partial charge in [0, 0.05) is 5.56 Å². The first-order valence-corrected chi connectivity index (χ1v) is 5.72. The highest BCUT2D eigenvalue weighted by Crippen LogP contribution is 2.20. The summed E-state index contributed by atoms with van der Waals surface area (Å²) in [6.07, 6.45) is 2.26. The van der Waals surface area contributed by atoms with Gasteiger partial charge in [-0.25, -0.2) is 9.78 Å². The molecule has 0 saturated carbocycles. The Morgan fingerprint density at radius 3 is 2.67 bits per heavy atom. The van der Waals surface area contributed by atoms with Crippen LogP contribution in [0.3, 0.4) is 0 Å². The highest BCUT2D eigenvalue weighted by Gasteiger charge is 2.08. The van der Waals surface area contributed by atoms with Crippen molar-refractivity contribution in [3.8, 4) is 17.1 Å². The zero-order chi connectivity index (χ0) is 13.0. The normalized spacial score (nSPS) is 10.3. The van der Waals surface area contributed by atoms with Crippen LogP contribution in [0.2, 0.25) is 0 Å². The summed E-state index contributed by atoms with van der Waals surface area (Å²) in [6.45, 7) is 2.73. The molecule has 0 spiro atoms. The Morgan fingerprint density at radius 2 is 2.11 bits per heavy atom. The average molecular weight is 246 g/mol. The first-order chi connectivity index (χ1) is 8.70. The van der Waals surface area contributed by atoms with Crippen LogP contribution in [0.5, 0.6) is 5.75 Å². The highest BCUT2D eigenvalue weighted by atomic mass is 16.5. The molecule has 2 aromatic rings. The van der Waals surface area contributed by atoms with Crippen LogP contribution in [0.15, 0.2) is 30.5 Å². The fraction of sp³-hybridized carbons (Fsp3) is 0.231. The quantitative estimate of drug-likeness (QED) is 0.850. The van der Waals surface area contributed by atoms with Crippen LogP contribution in [0, 0.1) is 0 Å². The number of aromatic nitrogens is 2. The molecule has 0 aliphatic carbocycles. The Bertz CT molecular complexity index is 531. The van der Waals surface area contributed by atoms with E-state index in [9.17, 15) is 4.79 Å². The van der Waals surface area contributed by atoms with Gasteiger partial charge in [0.2, 0.25) is 0 Å². The molecule has 1 aromatic heterocycles. The van der Waals surface area contributed by atoms with Gasteiger partial charge in [0.05, 0.1) is 12.8 Å². The molecule has 0 bridgehead atoms. The number of imidazole rings is 1. The Hall–Kier alpha value is -2.30. The van der Waals surface area contributed by atoms with Crippen molar-refractivity contribution < 1.29 is 14.6 Å². The van der Waals surface area contributed by atoms with Crippen LogP contribution in [0.1, 0.15) is 23.8 Å². The molecular formula is C13H14N2O3. The van der Waals surface area contributed by atoms with E-state index in [1.807, 2.05) is 31.2 Å². The number of H-pyrrole nitrogens is 1. The number of aromatic amines is 1. The van der Waals surface area contributed by atoms with E-state index in [0.717, 1.165) is 17.7 Å². The number of benzene rings is 1. The molecule has 0 unspecified atom stereocenters. The molecule has 0 amide bonds. The predicted octanol–water partition coefficient (Wildman–Crippen LogP) is 2.56. The molecule has 0 fully saturated rings. The third-order valence-corrected chi connectivity index (χ3v) is 2.41. The summed E-state index contributed by atoms with van der Waals surface area (Å²) in [5, 5.41) is 8.80. The van der Waals surface area contributed by atoms with E-state index in [4.69, 9.17) is 9.84 Å². The number of carbonyl (C=O) groups is 1. The first kappa shape index (κ1) is 12.2. The molecule has 18 heavy (non-hydrogen) atoms. The summed E-state index contributed by atoms with van der Waals surface area (Å²) < 4.78 is 5.46. The zero-order valence-electron chi connectivity index (χ0n) is 10.0. The van der Waals surface area contributed by atoms with Crippen molar-refractivity contribution in [2.24, 2.45) is 0 Å². The van der Waals surface area contributed by atoms with E-state index >= 15 is 0 Å². The van der Waals surface area contributed by atoms with Crippen LogP contribution in [-0.4, -0.2) is 27.7 Å². The molecule has 2 N–H and O–H groups in total. The lowest BCUT2D eigenvalue weighted by Crippen LogP contribution is -1.96. The highest BCUT2D eigenvalue weighted by molar-refractivity contribution is 5.85. The number of rotatable bonds is 5. The summed E-state index contributed by atoms with van der Waals surface area (Å²) in [4.78, 5) is 17.5. The largest absolute Gasteiger partial charge is 0.494 e. The van der Waals surface area contributed by atoms with E-state index in [1.54, 1.807) is 0 Å². The third kappa shape index (κ3) is 2.68. The Balaban J connectivity index is 2.15. The molecule has 0 radical (unpaired) electrons. The van der Waals surface area contributed by atoms with Gasteiger partial charge in [0.1, 0.15) is 17.3 Å². The van der Waals surface area contributed by atoms with Crippen LogP contribution in [0.4, 0.5) is 0 Å². The van der Waals surface area contributed by atoms with Crippen LogP contribution in [-0.2, 0) is 0 Å². The molecule has 5 heteroatoms. The van der Waals surface area contributed by atoms with Gasteiger partial charge >= 0.3 is 5.97 Å². The predicted molar refractivity (Wildman–Crippen MR) is 66.8 cm³/mol. The second-order valence-electron chi connectivity index (χ2n) is 3.82. The van der Waals surface area contributed by atoms with E-state index in [0.29, 0.717) is 12.4 Å². The number of carboxylic acids is 1. The summed E-state index contributed by atoms with van der Waals surface area (Å²) >= 11 is 0. The zero-order valence-corrected chi connectivity index (χ0v) is 10.0. The van der Waals surface area contributed by atoms with Crippen molar-refractivity contribution in [3.63, 3.8) is 0 Å². The first-order valence-electron chi connectivity index (χ1n) is 5.72. The number of nitrogens with zero attached hydrogens (tertiary/aromatic N) is 1. The molecule has 1 heterocycles. The summed E-state index contributed by atoms with van der Waals surface area (Å²) in [6, 6.07) is 7.37. The molecule has 94 valence electrons. The smallest absolute Gasteiger partial charge is 0.353 e. The van der Waals surface area contributed by atoms with Gasteiger partial charge in [-0.2, -0.15) is 0 Å². The molecule has 0 aliphatic heterocycles. The van der Waals surface area contributed by atoms with E-state index in [1.165, 1.54) is 6.20 Å². The van der Waals surface area contributed by atoms with Gasteiger partial charge in [-0.3, -0.25) is 0 Å². The van der Waals surface area contributed by atoms with E-state index in [2.05, 4.69) is 9.97 Å². The maximum absolute atomic E-state index is 10.7. The SMILES string of the molecule is CCCOc1ccc(-c2ncc(C(=O)O)[nH]2)cc1. The van der Waals surface area contributed by atoms with Crippen LogP contribution < -0.4 is 4.74 Å². The second kappa shape index (κ2) is 5.35. The number of nitrogens with one attached hydrogen (secondary N) is 1. The summed E-state index contributed by atoms with van der Waals surface area (Å²) in [5.74, 6) is 0.316. The fourth-order valence-corrected chi connectivity index (χ4v) is 1.51.